The molecule has 0 spiro atoms. The molecule has 6 heteroatoms. The third-order valence-corrected chi connectivity index (χ3v) is 6.09. The fraction of sp³-hybridized carbons (Fsp3) is 0.500. The highest BCUT2D eigenvalue weighted by Crippen LogP contribution is 2.25. The van der Waals surface area contributed by atoms with Crippen LogP contribution in [0.15, 0.2) is 54.6 Å². The van der Waals surface area contributed by atoms with Gasteiger partial charge >= 0.3 is 0 Å². The van der Waals surface area contributed by atoms with Crippen molar-refractivity contribution >= 4 is 17.8 Å². The Morgan fingerprint density at radius 3 is 2.20 bits per heavy atom. The van der Waals surface area contributed by atoms with Crippen molar-refractivity contribution in [2.75, 3.05) is 43.4 Å². The van der Waals surface area contributed by atoms with Crippen LogP contribution in [0.3, 0.4) is 0 Å². The summed E-state index contributed by atoms with van der Waals surface area (Å²) >= 11 is 0.296. The minimum Gasteiger partial charge on any atom is -0.493 e. The summed E-state index contributed by atoms with van der Waals surface area (Å²) in [6, 6.07) is 17.3. The highest BCUT2D eigenvalue weighted by atomic mass is 32.2. The summed E-state index contributed by atoms with van der Waals surface area (Å²) in [4.78, 5) is 4.81. The summed E-state index contributed by atoms with van der Waals surface area (Å²) in [6.07, 6.45) is 6.90. The zero-order chi connectivity index (χ0) is 21.0. The largest absolute Gasteiger partial charge is 0.493 e. The molecule has 0 radical (unpaired) electrons. The molecule has 1 aliphatic heterocycles. The lowest BCUT2D eigenvalue weighted by Gasteiger charge is -2.41. The molecule has 164 valence electrons. The molecule has 1 aliphatic carbocycles. The van der Waals surface area contributed by atoms with Crippen molar-refractivity contribution in [2.45, 2.75) is 38.1 Å². The zero-order valence-corrected chi connectivity index (χ0v) is 18.3. The van der Waals surface area contributed by atoms with E-state index < -0.39 is 0 Å². The van der Waals surface area contributed by atoms with Crippen LogP contribution in [0.2, 0.25) is 0 Å². The van der Waals surface area contributed by atoms with E-state index in [1.165, 1.54) is 32.1 Å². The van der Waals surface area contributed by atoms with E-state index in [1.807, 2.05) is 42.5 Å². The summed E-state index contributed by atoms with van der Waals surface area (Å²) in [5.74, 6) is 1.09. The first-order chi connectivity index (χ1) is 14.8. The zero-order valence-electron chi connectivity index (χ0n) is 17.5. The Morgan fingerprint density at radius 2 is 1.53 bits per heavy atom. The van der Waals surface area contributed by atoms with Gasteiger partial charge in [0.05, 0.1) is 18.0 Å². The predicted octanol–water partition coefficient (Wildman–Crippen LogP) is 5.96. The average Bonchev–Trinajstić information content (AvgIpc) is 2.82. The average molecular weight is 435 g/mol. The molecule has 2 aromatic rings. The van der Waals surface area contributed by atoms with Crippen LogP contribution in [-0.4, -0.2) is 49.5 Å². The predicted molar refractivity (Wildman–Crippen MR) is 123 cm³/mol. The molecule has 2 aromatic carbocycles. The van der Waals surface area contributed by atoms with E-state index in [0.29, 0.717) is 24.5 Å². The highest BCUT2D eigenvalue weighted by Gasteiger charge is 2.25. The lowest BCUT2D eigenvalue weighted by molar-refractivity contribution is 0.147. The maximum atomic E-state index is 13.8. The normalized spacial score (nSPS) is 17.9. The molecule has 2 aliphatic rings. The number of nitrogens with zero attached hydrogens (tertiary/aromatic N) is 2. The van der Waals surface area contributed by atoms with Crippen LogP contribution in [0, 0.1) is 5.82 Å². The second kappa shape index (κ2) is 12.8. The molecule has 1 saturated carbocycles. The van der Waals surface area contributed by atoms with Crippen LogP contribution in [0.5, 0.6) is 5.75 Å². The Morgan fingerprint density at radius 1 is 0.867 bits per heavy atom. The van der Waals surface area contributed by atoms with Crippen LogP contribution in [0.25, 0.3) is 0 Å². The van der Waals surface area contributed by atoms with Gasteiger partial charge in [-0.2, -0.15) is 3.89 Å². The molecule has 1 saturated heterocycles. The number of benzene rings is 2. The molecular formula is C24H32F2N2OS. The van der Waals surface area contributed by atoms with Gasteiger partial charge in [0.15, 0.2) is 0 Å². The van der Waals surface area contributed by atoms with Crippen molar-refractivity contribution in [3.63, 3.8) is 0 Å². The maximum Gasteiger partial charge on any atom is 0.146 e. The summed E-state index contributed by atoms with van der Waals surface area (Å²) < 4.78 is 30.5. The second-order valence-electron chi connectivity index (χ2n) is 7.74. The van der Waals surface area contributed by atoms with Gasteiger partial charge in [0.1, 0.15) is 11.6 Å². The van der Waals surface area contributed by atoms with E-state index in [1.54, 1.807) is 12.1 Å². The molecule has 0 amide bonds. The van der Waals surface area contributed by atoms with Crippen molar-refractivity contribution in [3.05, 3.63) is 60.4 Å². The molecule has 4 rings (SSSR count). The summed E-state index contributed by atoms with van der Waals surface area (Å²) in [7, 11) is 0. The standard InChI is InChI=1S/C16H23FN2.C8H9FOS/c17-15-8-4-5-9-16(15)19-12-10-18(11-13-19)14-6-2-1-3-7-14;9-11-7-6-10-8-4-2-1-3-5-8/h4-5,8-9,14H,1-3,6-7,10-13H2;1-5H,6-7H2. The number of anilines is 1. The fourth-order valence-electron chi connectivity index (χ4n) is 4.19. The molecule has 2 fully saturated rings. The number of piperazine rings is 1. The van der Waals surface area contributed by atoms with Gasteiger partial charge in [0.25, 0.3) is 0 Å². The number of hydrogen-bond acceptors (Lipinski definition) is 4. The molecule has 1 heterocycles. The molecule has 30 heavy (non-hydrogen) atoms. The Bertz CT molecular complexity index is 720. The van der Waals surface area contributed by atoms with Gasteiger partial charge in [0.2, 0.25) is 0 Å². The molecule has 0 atom stereocenters. The number of ether oxygens (including phenoxy) is 1. The Balaban J connectivity index is 0.000000199. The third kappa shape index (κ3) is 7.17. The smallest absolute Gasteiger partial charge is 0.146 e. The van der Waals surface area contributed by atoms with Gasteiger partial charge in [-0.1, -0.05) is 49.6 Å². The van der Waals surface area contributed by atoms with Crippen molar-refractivity contribution in [1.82, 2.24) is 4.90 Å². The number of hydrogen-bond donors (Lipinski definition) is 0. The first-order valence-electron chi connectivity index (χ1n) is 10.9. The molecule has 3 nitrogen and oxygen atoms in total. The van der Waals surface area contributed by atoms with Crippen molar-refractivity contribution in [1.29, 1.82) is 0 Å². The van der Waals surface area contributed by atoms with Crippen molar-refractivity contribution in [2.24, 2.45) is 0 Å². The van der Waals surface area contributed by atoms with Gasteiger partial charge < -0.3 is 9.64 Å². The number of rotatable bonds is 6. The molecule has 0 aromatic heterocycles. The first-order valence-corrected chi connectivity index (χ1v) is 11.8. The Labute approximate surface area is 183 Å². The molecule has 0 N–H and O–H groups in total. The SMILES string of the molecule is FSCCOc1ccccc1.Fc1ccccc1N1CCN(C2CCCCC2)CC1. The summed E-state index contributed by atoms with van der Waals surface area (Å²) in [5, 5.41) is 0. The topological polar surface area (TPSA) is 15.7 Å². The van der Waals surface area contributed by atoms with E-state index in [-0.39, 0.29) is 5.82 Å². The van der Waals surface area contributed by atoms with Gasteiger partial charge in [-0.25, -0.2) is 4.39 Å². The number of para-hydroxylation sites is 2. The van der Waals surface area contributed by atoms with Crippen LogP contribution in [0.1, 0.15) is 32.1 Å². The van der Waals surface area contributed by atoms with E-state index in [0.717, 1.165) is 43.7 Å². The third-order valence-electron chi connectivity index (χ3n) is 5.77. The monoisotopic (exact) mass is 434 g/mol. The maximum absolute atomic E-state index is 13.8. The van der Waals surface area contributed by atoms with Crippen LogP contribution < -0.4 is 9.64 Å². The number of halogens is 2. The van der Waals surface area contributed by atoms with Crippen LogP contribution >= 0.6 is 12.1 Å². The lowest BCUT2D eigenvalue weighted by atomic mass is 9.94. The van der Waals surface area contributed by atoms with Crippen molar-refractivity contribution < 1.29 is 13.0 Å². The van der Waals surface area contributed by atoms with Crippen molar-refractivity contribution in [3.8, 4) is 5.75 Å². The molecular weight excluding hydrogens is 402 g/mol. The summed E-state index contributed by atoms with van der Waals surface area (Å²) in [6.45, 7) is 4.50. The van der Waals surface area contributed by atoms with E-state index in [2.05, 4.69) is 9.80 Å². The van der Waals surface area contributed by atoms with E-state index in [9.17, 15) is 8.28 Å². The summed E-state index contributed by atoms with van der Waals surface area (Å²) in [5.41, 5.74) is 0.769. The molecule has 0 bridgehead atoms. The van der Waals surface area contributed by atoms with Gasteiger partial charge in [-0.3, -0.25) is 4.90 Å². The second-order valence-corrected chi connectivity index (χ2v) is 8.37. The van der Waals surface area contributed by atoms with Crippen LogP contribution in [0.4, 0.5) is 14.0 Å². The molecule has 0 unspecified atom stereocenters. The van der Waals surface area contributed by atoms with E-state index >= 15 is 0 Å². The minimum atomic E-state index is -0.0892. The van der Waals surface area contributed by atoms with Gasteiger partial charge in [-0.15, -0.1) is 0 Å². The Hall–Kier alpha value is -1.79. The lowest BCUT2D eigenvalue weighted by Crippen LogP contribution is -2.51. The minimum absolute atomic E-state index is 0.0892. The van der Waals surface area contributed by atoms with Crippen LogP contribution in [-0.2, 0) is 0 Å². The van der Waals surface area contributed by atoms with Gasteiger partial charge in [0, 0.05) is 44.4 Å². The Kier molecular flexibility index (Phi) is 9.77. The quantitative estimate of drug-likeness (QED) is 0.521. The van der Waals surface area contributed by atoms with Gasteiger partial charge in [-0.05, 0) is 37.1 Å². The fourth-order valence-corrected chi connectivity index (χ4v) is 4.34. The van der Waals surface area contributed by atoms with E-state index in [4.69, 9.17) is 4.74 Å². The first kappa shape index (κ1) is 22.9. The highest BCUT2D eigenvalue weighted by molar-refractivity contribution is 7.94.